The molecule has 8 nitrogen and oxygen atoms in total. The molecule has 0 unspecified atom stereocenters. The van der Waals surface area contributed by atoms with Crippen molar-refractivity contribution in [2.24, 2.45) is 29.1 Å². The zero-order valence-electron chi connectivity index (χ0n) is 22.6. The molecule has 0 rings (SSSR count). The molecule has 5 N–H and O–H groups in total. The van der Waals surface area contributed by atoms with Gasteiger partial charge in [-0.15, -0.1) is 0 Å². The van der Waals surface area contributed by atoms with Gasteiger partial charge in [0, 0.05) is 24.9 Å². The van der Waals surface area contributed by atoms with Crippen molar-refractivity contribution in [2.75, 3.05) is 7.11 Å². The molecule has 9 atom stereocenters. The molecule has 0 aromatic heterocycles. The van der Waals surface area contributed by atoms with Crippen LogP contribution >= 0.6 is 0 Å². The Hall–Kier alpha value is -1.32. The minimum absolute atomic E-state index is 0.161. The topological polar surface area (TPSA) is 145 Å². The van der Waals surface area contributed by atoms with Crippen LogP contribution < -0.4 is 0 Å². The summed E-state index contributed by atoms with van der Waals surface area (Å²) < 4.78 is 5.55. The van der Waals surface area contributed by atoms with Crippen LogP contribution in [0.4, 0.5) is 0 Å². The predicted molar refractivity (Wildman–Crippen MR) is 131 cm³/mol. The van der Waals surface area contributed by atoms with Gasteiger partial charge in [0.25, 0.3) is 0 Å². The fourth-order valence-corrected chi connectivity index (χ4v) is 5.20. The molecule has 0 aromatic rings. The molecule has 0 heterocycles. The molecule has 0 aliphatic heterocycles. The number of aliphatic hydroxyl groups is 4. The van der Waals surface area contributed by atoms with Gasteiger partial charge in [-0.1, -0.05) is 53.2 Å². The predicted octanol–water partition coefficient (Wildman–Crippen LogP) is 2.81. The summed E-state index contributed by atoms with van der Waals surface area (Å²) in [7, 11) is 1.42. The lowest BCUT2D eigenvalue weighted by Crippen LogP contribution is -2.55. The van der Waals surface area contributed by atoms with Crippen molar-refractivity contribution in [1.82, 2.24) is 0 Å². The quantitative estimate of drug-likeness (QED) is 0.221. The first-order valence-electron chi connectivity index (χ1n) is 12.0. The van der Waals surface area contributed by atoms with Crippen LogP contribution in [0.15, 0.2) is 11.6 Å². The van der Waals surface area contributed by atoms with Crippen LogP contribution in [0.3, 0.4) is 0 Å². The van der Waals surface area contributed by atoms with E-state index < -0.39 is 65.6 Å². The molecule has 0 bridgehead atoms. The Balaban J connectivity index is 5.51. The number of ether oxygens (including phenoxy) is 1. The number of carbonyl (C=O) groups is 2. The maximum atomic E-state index is 13.4. The number of rotatable bonds is 15. The van der Waals surface area contributed by atoms with Gasteiger partial charge in [-0.05, 0) is 33.1 Å². The molecule has 0 saturated heterocycles. The zero-order valence-corrected chi connectivity index (χ0v) is 22.6. The van der Waals surface area contributed by atoms with Gasteiger partial charge in [0.2, 0.25) is 0 Å². The third-order valence-electron chi connectivity index (χ3n) is 7.07. The highest BCUT2D eigenvalue weighted by atomic mass is 16.5. The summed E-state index contributed by atoms with van der Waals surface area (Å²) in [6.07, 6.45) is -2.74. The van der Waals surface area contributed by atoms with Crippen molar-refractivity contribution >= 4 is 11.8 Å². The molecule has 200 valence electrons. The van der Waals surface area contributed by atoms with Gasteiger partial charge in [-0.25, -0.2) is 0 Å². The number of hydrogen-bond acceptors (Lipinski definition) is 7. The van der Waals surface area contributed by atoms with Gasteiger partial charge in [-0.3, -0.25) is 9.59 Å². The third-order valence-corrected chi connectivity index (χ3v) is 7.07. The second-order valence-corrected chi connectivity index (χ2v) is 11.1. The zero-order chi connectivity index (χ0) is 27.2. The van der Waals surface area contributed by atoms with E-state index in [1.54, 1.807) is 41.5 Å². The molecule has 0 amide bonds. The van der Waals surface area contributed by atoms with Crippen molar-refractivity contribution in [3.05, 3.63) is 11.6 Å². The smallest absolute Gasteiger partial charge is 0.305 e. The maximum Gasteiger partial charge on any atom is 0.305 e. The van der Waals surface area contributed by atoms with Gasteiger partial charge in [0.15, 0.2) is 0 Å². The minimum atomic E-state index is -1.78. The van der Waals surface area contributed by atoms with Gasteiger partial charge < -0.3 is 30.3 Å². The largest absolute Gasteiger partial charge is 0.481 e. The van der Waals surface area contributed by atoms with E-state index in [-0.39, 0.29) is 18.1 Å². The second kappa shape index (κ2) is 13.1. The number of allylic oxidation sites excluding steroid dienone is 1. The van der Waals surface area contributed by atoms with Crippen LogP contribution in [-0.2, 0) is 14.3 Å². The fraction of sp³-hybridized carbons (Fsp3) is 0.846. The summed E-state index contributed by atoms with van der Waals surface area (Å²) in [6.45, 7) is 15.5. The van der Waals surface area contributed by atoms with Gasteiger partial charge in [-0.2, -0.15) is 0 Å². The number of carbonyl (C=O) groups excluding carboxylic acids is 1. The lowest BCUT2D eigenvalue weighted by molar-refractivity contribution is -0.163. The number of aliphatic hydroxyl groups excluding tert-OH is 3. The van der Waals surface area contributed by atoms with Crippen molar-refractivity contribution in [3.63, 3.8) is 0 Å². The Bertz CT molecular complexity index is 695. The van der Waals surface area contributed by atoms with Crippen LogP contribution in [0, 0.1) is 29.1 Å². The first-order valence-corrected chi connectivity index (χ1v) is 12.0. The molecular weight excluding hydrogens is 440 g/mol. The Morgan fingerprint density at radius 1 is 0.971 bits per heavy atom. The SMILES string of the molecule is CO[C@H]([C@@H](C)[C@@H](O)CC(=O)O)C(C)(C)C(=O)[C@H](C)C[C@H](C)[C@@H](O)[C@](C)(O)[C@@H](O)[C@H](C)C=C(C)C. The van der Waals surface area contributed by atoms with E-state index in [2.05, 4.69) is 0 Å². The number of Topliss-reactive ketones (excluding diaryl/α,β-unsaturated/α-hetero) is 1. The molecule has 0 aliphatic rings. The van der Waals surface area contributed by atoms with E-state index in [1.165, 1.54) is 14.0 Å². The molecule has 8 heteroatoms. The van der Waals surface area contributed by atoms with Crippen LogP contribution in [0.5, 0.6) is 0 Å². The summed E-state index contributed by atoms with van der Waals surface area (Å²) in [4.78, 5) is 24.4. The lowest BCUT2D eigenvalue weighted by Gasteiger charge is -2.41. The highest BCUT2D eigenvalue weighted by molar-refractivity contribution is 5.86. The normalized spacial score (nSPS) is 21.2. The number of ketones is 1. The van der Waals surface area contributed by atoms with E-state index in [0.29, 0.717) is 0 Å². The summed E-state index contributed by atoms with van der Waals surface area (Å²) in [5.41, 5.74) is -1.84. The van der Waals surface area contributed by atoms with Crippen LogP contribution in [0.2, 0.25) is 0 Å². The Labute approximate surface area is 205 Å². The molecule has 0 radical (unpaired) electrons. The Kier molecular flexibility index (Phi) is 12.6. The maximum absolute atomic E-state index is 13.4. The average molecular weight is 489 g/mol. The monoisotopic (exact) mass is 488 g/mol. The van der Waals surface area contributed by atoms with E-state index >= 15 is 0 Å². The van der Waals surface area contributed by atoms with Gasteiger partial charge >= 0.3 is 5.97 Å². The highest BCUT2D eigenvalue weighted by Gasteiger charge is 2.46. The molecule has 0 aliphatic carbocycles. The van der Waals surface area contributed by atoms with E-state index in [9.17, 15) is 30.0 Å². The summed E-state index contributed by atoms with van der Waals surface area (Å²) in [6, 6.07) is 0. The standard InChI is InChI=1S/C26H48O8/c1-14(2)11-15(3)22(31)26(9,33)23(32)17(5)12-16(4)21(30)25(7,8)24(34-10)18(6)19(27)13-20(28)29/h11,15-19,22-24,27,31-33H,12-13H2,1-10H3,(H,28,29)/t15-,16-,17+,18+,19+,22+,23-,24-,26-/m1/s1. The van der Waals surface area contributed by atoms with E-state index in [1.807, 2.05) is 19.9 Å². The van der Waals surface area contributed by atoms with Crippen LogP contribution in [-0.4, -0.2) is 74.4 Å². The lowest BCUT2D eigenvalue weighted by atomic mass is 9.69. The van der Waals surface area contributed by atoms with Crippen molar-refractivity contribution in [1.29, 1.82) is 0 Å². The molecule has 0 fully saturated rings. The Morgan fingerprint density at radius 3 is 1.88 bits per heavy atom. The number of carboxylic acids is 1. The van der Waals surface area contributed by atoms with Crippen molar-refractivity contribution < 1.29 is 39.9 Å². The molecule has 0 spiro atoms. The molecule has 34 heavy (non-hydrogen) atoms. The average Bonchev–Trinajstić information content (AvgIpc) is 2.70. The number of methoxy groups -OCH3 is 1. The number of carboxylic acid groups (broad SMARTS) is 1. The fourth-order valence-electron chi connectivity index (χ4n) is 5.20. The van der Waals surface area contributed by atoms with E-state index in [4.69, 9.17) is 9.84 Å². The third kappa shape index (κ3) is 8.41. The Morgan fingerprint density at radius 2 is 1.47 bits per heavy atom. The first kappa shape index (κ1) is 32.7. The summed E-state index contributed by atoms with van der Waals surface area (Å²) in [5, 5.41) is 51.7. The highest BCUT2D eigenvalue weighted by Crippen LogP contribution is 2.37. The number of hydrogen-bond donors (Lipinski definition) is 5. The van der Waals surface area contributed by atoms with E-state index in [0.717, 1.165) is 5.57 Å². The van der Waals surface area contributed by atoms with Crippen LogP contribution in [0.1, 0.15) is 75.2 Å². The second-order valence-electron chi connectivity index (χ2n) is 11.1. The number of aliphatic carboxylic acids is 1. The van der Waals surface area contributed by atoms with Crippen molar-refractivity contribution in [2.45, 2.75) is 105 Å². The van der Waals surface area contributed by atoms with Gasteiger partial charge in [0.05, 0.1) is 36.3 Å². The summed E-state index contributed by atoms with van der Waals surface area (Å²) >= 11 is 0. The minimum Gasteiger partial charge on any atom is -0.481 e. The molecular formula is C26H48O8. The van der Waals surface area contributed by atoms with Gasteiger partial charge in [0.1, 0.15) is 11.4 Å². The first-order chi connectivity index (χ1) is 15.3. The molecule has 0 saturated carbocycles. The molecule has 0 aromatic carbocycles. The van der Waals surface area contributed by atoms with Crippen LogP contribution in [0.25, 0.3) is 0 Å². The summed E-state index contributed by atoms with van der Waals surface area (Å²) in [5.74, 6) is -3.31. The van der Waals surface area contributed by atoms with Crippen molar-refractivity contribution in [3.8, 4) is 0 Å².